The Morgan fingerprint density at radius 3 is 2.20 bits per heavy atom. The third-order valence-corrected chi connectivity index (χ3v) is 5.72. The minimum atomic E-state index is -0.330. The molecule has 3 nitrogen and oxygen atoms in total. The van der Waals surface area contributed by atoms with E-state index in [-0.39, 0.29) is 17.5 Å². The van der Waals surface area contributed by atoms with E-state index in [1.54, 1.807) is 0 Å². The van der Waals surface area contributed by atoms with Crippen molar-refractivity contribution in [1.82, 2.24) is 0 Å². The molecule has 0 unspecified atom stereocenters. The Morgan fingerprint density at radius 1 is 0.800 bits per heavy atom. The Kier molecular flexibility index (Phi) is 3.71. The molecular formula is C22H26O3. The molecule has 2 aromatic rings. The lowest BCUT2D eigenvalue weighted by Gasteiger charge is -2.30. The SMILES string of the molecule is Cc1ccc2c(c1)Oc1ccc(C3OC(C)(C)C(C)(C)O3)cc1CC2. The maximum absolute atomic E-state index is 6.20. The van der Waals surface area contributed by atoms with Crippen LogP contribution in [0, 0.1) is 6.92 Å². The molecule has 0 N–H and O–H groups in total. The van der Waals surface area contributed by atoms with Gasteiger partial charge < -0.3 is 14.2 Å². The van der Waals surface area contributed by atoms with E-state index in [9.17, 15) is 0 Å². The molecule has 2 heterocycles. The van der Waals surface area contributed by atoms with E-state index in [4.69, 9.17) is 14.2 Å². The summed E-state index contributed by atoms with van der Waals surface area (Å²) in [4.78, 5) is 0. The van der Waals surface area contributed by atoms with E-state index in [2.05, 4.69) is 65.0 Å². The molecule has 2 aliphatic heterocycles. The van der Waals surface area contributed by atoms with Gasteiger partial charge in [-0.15, -0.1) is 0 Å². The van der Waals surface area contributed by atoms with Crippen LogP contribution < -0.4 is 4.74 Å². The molecule has 2 aromatic carbocycles. The molecule has 0 aromatic heterocycles. The summed E-state index contributed by atoms with van der Waals surface area (Å²) in [5, 5.41) is 0. The van der Waals surface area contributed by atoms with Gasteiger partial charge in [0.15, 0.2) is 6.29 Å². The largest absolute Gasteiger partial charge is 0.457 e. The van der Waals surface area contributed by atoms with Crippen LogP contribution in [0.1, 0.15) is 56.2 Å². The average molecular weight is 338 g/mol. The molecule has 0 spiro atoms. The van der Waals surface area contributed by atoms with Gasteiger partial charge in [-0.25, -0.2) is 0 Å². The van der Waals surface area contributed by atoms with Gasteiger partial charge in [-0.1, -0.05) is 18.2 Å². The molecule has 0 radical (unpaired) electrons. The molecule has 0 bridgehead atoms. The molecule has 0 saturated carbocycles. The number of hydrogen-bond donors (Lipinski definition) is 0. The molecule has 25 heavy (non-hydrogen) atoms. The molecule has 0 atom stereocenters. The van der Waals surface area contributed by atoms with Crippen LogP contribution >= 0.6 is 0 Å². The number of hydrogen-bond acceptors (Lipinski definition) is 3. The summed E-state index contributed by atoms with van der Waals surface area (Å²) in [6.45, 7) is 10.4. The first-order valence-electron chi connectivity index (χ1n) is 9.01. The number of fused-ring (bicyclic) bond motifs is 2. The fourth-order valence-corrected chi connectivity index (χ4v) is 3.37. The van der Waals surface area contributed by atoms with Crippen LogP contribution in [0.25, 0.3) is 0 Å². The highest BCUT2D eigenvalue weighted by atomic mass is 16.7. The molecule has 0 aliphatic carbocycles. The van der Waals surface area contributed by atoms with Gasteiger partial charge in [0.25, 0.3) is 0 Å². The first kappa shape index (κ1) is 16.6. The van der Waals surface area contributed by atoms with Gasteiger partial charge in [0, 0.05) is 5.56 Å². The van der Waals surface area contributed by atoms with E-state index in [1.807, 2.05) is 6.07 Å². The highest BCUT2D eigenvalue weighted by Gasteiger charge is 2.49. The zero-order valence-electron chi connectivity index (χ0n) is 15.7. The second kappa shape index (κ2) is 5.58. The standard InChI is InChI=1S/C22H26O3/c1-14-6-7-15-8-9-16-13-17(10-11-18(16)23-19(15)12-14)20-24-21(2,3)22(4,5)25-20/h6-7,10-13,20H,8-9H2,1-5H3. The number of aryl methyl sites for hydroxylation is 3. The smallest absolute Gasteiger partial charge is 0.185 e. The van der Waals surface area contributed by atoms with Gasteiger partial charge >= 0.3 is 0 Å². The van der Waals surface area contributed by atoms with Crippen molar-refractivity contribution in [3.05, 3.63) is 58.7 Å². The fraction of sp³-hybridized carbons (Fsp3) is 0.455. The molecule has 132 valence electrons. The highest BCUT2D eigenvalue weighted by molar-refractivity contribution is 5.47. The van der Waals surface area contributed by atoms with Crippen molar-refractivity contribution in [2.75, 3.05) is 0 Å². The second-order valence-electron chi connectivity index (χ2n) is 8.17. The predicted molar refractivity (Wildman–Crippen MR) is 98.2 cm³/mol. The van der Waals surface area contributed by atoms with E-state index < -0.39 is 0 Å². The third-order valence-electron chi connectivity index (χ3n) is 5.72. The van der Waals surface area contributed by atoms with Gasteiger partial charge in [0.2, 0.25) is 0 Å². The van der Waals surface area contributed by atoms with Crippen LogP contribution in [0.4, 0.5) is 0 Å². The van der Waals surface area contributed by atoms with Crippen molar-refractivity contribution >= 4 is 0 Å². The normalized spacial score (nSPS) is 21.2. The summed E-state index contributed by atoms with van der Waals surface area (Å²) in [6.07, 6.45) is 1.61. The predicted octanol–water partition coefficient (Wildman–Crippen LogP) is 5.49. The van der Waals surface area contributed by atoms with Gasteiger partial charge in [0.1, 0.15) is 11.5 Å². The van der Waals surface area contributed by atoms with Crippen LogP contribution in [0.2, 0.25) is 0 Å². The van der Waals surface area contributed by atoms with E-state index in [0.717, 1.165) is 29.9 Å². The molecule has 2 aliphatic rings. The van der Waals surface area contributed by atoms with Gasteiger partial charge in [-0.3, -0.25) is 0 Å². The Balaban J connectivity index is 1.64. The highest BCUT2D eigenvalue weighted by Crippen LogP contribution is 2.45. The van der Waals surface area contributed by atoms with Crippen LogP contribution in [-0.2, 0) is 22.3 Å². The lowest BCUT2D eigenvalue weighted by Crippen LogP contribution is -2.41. The van der Waals surface area contributed by atoms with Gasteiger partial charge in [-0.2, -0.15) is 0 Å². The number of rotatable bonds is 1. The van der Waals surface area contributed by atoms with Crippen molar-refractivity contribution in [2.45, 2.75) is 65.0 Å². The summed E-state index contributed by atoms with van der Waals surface area (Å²) in [5.41, 5.74) is 4.10. The van der Waals surface area contributed by atoms with Crippen LogP contribution in [0.3, 0.4) is 0 Å². The van der Waals surface area contributed by atoms with Crippen molar-refractivity contribution in [3.63, 3.8) is 0 Å². The van der Waals surface area contributed by atoms with Crippen LogP contribution in [0.5, 0.6) is 11.5 Å². The molecular weight excluding hydrogens is 312 g/mol. The van der Waals surface area contributed by atoms with E-state index in [0.29, 0.717) is 0 Å². The summed E-state index contributed by atoms with van der Waals surface area (Å²) in [6, 6.07) is 12.7. The molecule has 1 saturated heterocycles. The maximum Gasteiger partial charge on any atom is 0.185 e. The quantitative estimate of drug-likeness (QED) is 0.688. The molecule has 3 heteroatoms. The van der Waals surface area contributed by atoms with Crippen molar-refractivity contribution in [1.29, 1.82) is 0 Å². The average Bonchev–Trinajstić information content (AvgIpc) is 2.68. The summed E-state index contributed by atoms with van der Waals surface area (Å²) >= 11 is 0. The minimum Gasteiger partial charge on any atom is -0.457 e. The van der Waals surface area contributed by atoms with Crippen molar-refractivity contribution in [2.24, 2.45) is 0 Å². The minimum absolute atomic E-state index is 0.325. The van der Waals surface area contributed by atoms with E-state index in [1.165, 1.54) is 16.7 Å². The molecule has 4 rings (SSSR count). The topological polar surface area (TPSA) is 27.7 Å². The molecule has 0 amide bonds. The monoisotopic (exact) mass is 338 g/mol. The lowest BCUT2D eigenvalue weighted by atomic mass is 9.90. The Morgan fingerprint density at radius 2 is 1.48 bits per heavy atom. The summed E-state index contributed by atoms with van der Waals surface area (Å²) < 4.78 is 18.6. The Hall–Kier alpha value is -1.84. The van der Waals surface area contributed by atoms with Crippen LogP contribution in [0.15, 0.2) is 36.4 Å². The summed E-state index contributed by atoms with van der Waals surface area (Å²) in [5.74, 6) is 1.91. The van der Waals surface area contributed by atoms with Crippen molar-refractivity contribution < 1.29 is 14.2 Å². The van der Waals surface area contributed by atoms with Gasteiger partial charge in [0.05, 0.1) is 11.2 Å². The number of benzene rings is 2. The third kappa shape index (κ3) is 2.86. The Bertz CT molecular complexity index is 804. The summed E-state index contributed by atoms with van der Waals surface area (Å²) in [7, 11) is 0. The van der Waals surface area contributed by atoms with E-state index >= 15 is 0 Å². The molecule has 1 fully saturated rings. The Labute approximate surface area is 149 Å². The lowest BCUT2D eigenvalue weighted by molar-refractivity contribution is -0.0896. The first-order chi connectivity index (χ1) is 11.7. The van der Waals surface area contributed by atoms with Crippen molar-refractivity contribution in [3.8, 4) is 11.5 Å². The second-order valence-corrected chi connectivity index (χ2v) is 8.17. The zero-order valence-corrected chi connectivity index (χ0v) is 15.7. The number of ether oxygens (including phenoxy) is 3. The fourth-order valence-electron chi connectivity index (χ4n) is 3.37. The first-order valence-corrected chi connectivity index (χ1v) is 9.01. The van der Waals surface area contributed by atoms with Crippen LogP contribution in [-0.4, -0.2) is 11.2 Å². The van der Waals surface area contributed by atoms with Gasteiger partial charge in [-0.05, 0) is 82.3 Å². The zero-order chi connectivity index (χ0) is 17.8. The maximum atomic E-state index is 6.20.